The van der Waals surface area contributed by atoms with Crippen LogP contribution in [0.15, 0.2) is 18.2 Å². The second-order valence-electron chi connectivity index (χ2n) is 5.35. The Morgan fingerprint density at radius 1 is 1.46 bits per heavy atom. The number of alkyl halides is 2. The number of carbonyl (C=O) groups excluding carboxylic acids is 1. The zero-order valence-electron chi connectivity index (χ0n) is 13.8. The Balaban J connectivity index is 2.05. The van der Waals surface area contributed by atoms with E-state index in [-0.39, 0.29) is 17.4 Å². The fraction of sp³-hybridized carbons (Fsp3) is 0.562. The van der Waals surface area contributed by atoms with Crippen molar-refractivity contribution in [3.63, 3.8) is 0 Å². The van der Waals surface area contributed by atoms with Gasteiger partial charge in [0.2, 0.25) is 0 Å². The Bertz CT molecular complexity index is 551. The van der Waals surface area contributed by atoms with Crippen LogP contribution < -0.4 is 14.8 Å². The van der Waals surface area contributed by atoms with E-state index in [0.29, 0.717) is 26.3 Å². The Labute approximate surface area is 139 Å². The fourth-order valence-corrected chi connectivity index (χ4v) is 2.43. The summed E-state index contributed by atoms with van der Waals surface area (Å²) in [5.41, 5.74) is 0.750. The maximum Gasteiger partial charge on any atom is 0.387 e. The number of halogens is 2. The topological polar surface area (TPSA) is 60.0 Å². The molecule has 0 saturated carbocycles. The molecule has 134 valence electrons. The van der Waals surface area contributed by atoms with Gasteiger partial charge in [-0.1, -0.05) is 6.07 Å². The van der Waals surface area contributed by atoms with Gasteiger partial charge in [0.15, 0.2) is 11.5 Å². The van der Waals surface area contributed by atoms with Gasteiger partial charge < -0.3 is 24.4 Å². The lowest BCUT2D eigenvalue weighted by atomic mass is 10.1. The molecule has 1 N–H and O–H groups in total. The first-order chi connectivity index (χ1) is 11.5. The zero-order chi connectivity index (χ0) is 17.5. The number of hydrogen-bond acceptors (Lipinski definition) is 5. The molecule has 1 heterocycles. The number of rotatable bonds is 7. The van der Waals surface area contributed by atoms with Crippen LogP contribution in [0.2, 0.25) is 0 Å². The number of amides is 1. The first-order valence-electron chi connectivity index (χ1n) is 7.79. The monoisotopic (exact) mass is 344 g/mol. The van der Waals surface area contributed by atoms with Crippen molar-refractivity contribution in [2.24, 2.45) is 0 Å². The lowest BCUT2D eigenvalue weighted by Crippen LogP contribution is -2.48. The molecule has 8 heteroatoms. The summed E-state index contributed by atoms with van der Waals surface area (Å²) in [5, 5.41) is 3.11. The molecular formula is C16H22F2N2O4. The highest BCUT2D eigenvalue weighted by Crippen LogP contribution is 2.30. The number of nitrogens with one attached hydrogen (secondary N) is 1. The summed E-state index contributed by atoms with van der Waals surface area (Å²) in [6.07, 6.45) is -0.503. The summed E-state index contributed by atoms with van der Waals surface area (Å²) in [6.45, 7) is 1.17. The average molecular weight is 344 g/mol. The average Bonchev–Trinajstić information content (AvgIpc) is 2.57. The minimum Gasteiger partial charge on any atom is -0.490 e. The smallest absolute Gasteiger partial charge is 0.387 e. The number of ether oxygens (including phenoxy) is 3. The molecule has 2 rings (SSSR count). The van der Waals surface area contributed by atoms with Crippen LogP contribution in [0.3, 0.4) is 0 Å². The maximum atomic E-state index is 12.4. The molecule has 1 aliphatic heterocycles. The van der Waals surface area contributed by atoms with Crippen molar-refractivity contribution in [2.75, 3.05) is 33.4 Å². The van der Waals surface area contributed by atoms with Gasteiger partial charge in [-0.3, -0.25) is 4.79 Å². The molecule has 1 unspecified atom stereocenters. The van der Waals surface area contributed by atoms with Gasteiger partial charge in [-0.25, -0.2) is 0 Å². The SMILES string of the molecule is CCOc1cc(CN(C)C(=O)C2CNCCO2)ccc1OC(F)F. The quantitative estimate of drug-likeness (QED) is 0.815. The van der Waals surface area contributed by atoms with Crippen molar-refractivity contribution in [3.05, 3.63) is 23.8 Å². The van der Waals surface area contributed by atoms with Gasteiger partial charge in [0.1, 0.15) is 6.10 Å². The summed E-state index contributed by atoms with van der Waals surface area (Å²) in [7, 11) is 1.67. The Morgan fingerprint density at radius 3 is 2.88 bits per heavy atom. The van der Waals surface area contributed by atoms with Crippen molar-refractivity contribution in [1.29, 1.82) is 0 Å². The van der Waals surface area contributed by atoms with Crippen LogP contribution in [-0.4, -0.2) is 56.9 Å². The second kappa shape index (κ2) is 8.79. The molecule has 0 aliphatic carbocycles. The van der Waals surface area contributed by atoms with Crippen LogP contribution in [0.4, 0.5) is 8.78 Å². The predicted octanol–water partition coefficient (Wildman–Crippen LogP) is 1.63. The van der Waals surface area contributed by atoms with E-state index in [0.717, 1.165) is 12.1 Å². The van der Waals surface area contributed by atoms with Crippen LogP contribution in [0, 0.1) is 0 Å². The van der Waals surface area contributed by atoms with E-state index in [2.05, 4.69) is 10.1 Å². The fourth-order valence-electron chi connectivity index (χ4n) is 2.43. The lowest BCUT2D eigenvalue weighted by Gasteiger charge is -2.27. The van der Waals surface area contributed by atoms with Gasteiger partial charge >= 0.3 is 6.61 Å². The van der Waals surface area contributed by atoms with E-state index in [1.807, 2.05) is 0 Å². The van der Waals surface area contributed by atoms with Gasteiger partial charge in [-0.15, -0.1) is 0 Å². The molecule has 0 bridgehead atoms. The summed E-state index contributed by atoms with van der Waals surface area (Å²) in [6, 6.07) is 4.65. The van der Waals surface area contributed by atoms with Crippen LogP contribution in [0.5, 0.6) is 11.5 Å². The second-order valence-corrected chi connectivity index (χ2v) is 5.35. The molecule has 1 aromatic carbocycles. The minimum atomic E-state index is -2.92. The number of hydrogen-bond donors (Lipinski definition) is 1. The molecule has 1 amide bonds. The van der Waals surface area contributed by atoms with Crippen molar-refractivity contribution in [2.45, 2.75) is 26.2 Å². The first-order valence-corrected chi connectivity index (χ1v) is 7.79. The first kappa shape index (κ1) is 18.4. The van der Waals surface area contributed by atoms with Crippen molar-refractivity contribution < 1.29 is 27.8 Å². The number of morpholine rings is 1. The Morgan fingerprint density at radius 2 is 2.25 bits per heavy atom. The Kier molecular flexibility index (Phi) is 6.74. The summed E-state index contributed by atoms with van der Waals surface area (Å²) in [5.74, 6) is 0.0733. The standard InChI is InChI=1S/C16H22F2N2O4/c1-3-22-13-8-11(4-5-12(13)24-16(17)18)10-20(2)15(21)14-9-19-6-7-23-14/h4-5,8,14,16,19H,3,6-7,9-10H2,1-2H3. The molecule has 0 radical (unpaired) electrons. The summed E-state index contributed by atoms with van der Waals surface area (Å²) < 4.78 is 40.0. The van der Waals surface area contributed by atoms with E-state index in [1.165, 1.54) is 11.0 Å². The molecular weight excluding hydrogens is 322 g/mol. The van der Waals surface area contributed by atoms with E-state index >= 15 is 0 Å². The Hall–Kier alpha value is -1.93. The molecule has 1 aromatic rings. The maximum absolute atomic E-state index is 12.4. The van der Waals surface area contributed by atoms with Crippen LogP contribution in [0.1, 0.15) is 12.5 Å². The van der Waals surface area contributed by atoms with Crippen molar-refractivity contribution >= 4 is 5.91 Å². The summed E-state index contributed by atoms with van der Waals surface area (Å²) >= 11 is 0. The molecule has 1 atom stereocenters. The number of benzene rings is 1. The third-order valence-electron chi connectivity index (χ3n) is 3.52. The third-order valence-corrected chi connectivity index (χ3v) is 3.52. The van der Waals surface area contributed by atoms with E-state index in [4.69, 9.17) is 9.47 Å². The largest absolute Gasteiger partial charge is 0.490 e. The minimum absolute atomic E-state index is 0.0237. The normalized spacial score (nSPS) is 17.6. The molecule has 0 aromatic heterocycles. The van der Waals surface area contributed by atoms with Gasteiger partial charge in [0.25, 0.3) is 5.91 Å². The highest BCUT2D eigenvalue weighted by molar-refractivity contribution is 5.81. The lowest BCUT2D eigenvalue weighted by molar-refractivity contribution is -0.144. The molecule has 1 fully saturated rings. The van der Waals surface area contributed by atoms with Crippen molar-refractivity contribution in [3.8, 4) is 11.5 Å². The molecule has 6 nitrogen and oxygen atoms in total. The van der Waals surface area contributed by atoms with Gasteiger partial charge in [-0.2, -0.15) is 8.78 Å². The van der Waals surface area contributed by atoms with E-state index in [1.54, 1.807) is 26.1 Å². The zero-order valence-corrected chi connectivity index (χ0v) is 13.8. The number of nitrogens with zero attached hydrogens (tertiary/aromatic N) is 1. The van der Waals surface area contributed by atoms with Crippen molar-refractivity contribution in [1.82, 2.24) is 10.2 Å². The van der Waals surface area contributed by atoms with Gasteiger partial charge in [-0.05, 0) is 24.6 Å². The van der Waals surface area contributed by atoms with Crippen LogP contribution >= 0.6 is 0 Å². The highest BCUT2D eigenvalue weighted by Gasteiger charge is 2.25. The number of carbonyl (C=O) groups is 1. The van der Waals surface area contributed by atoms with Crippen LogP contribution in [0.25, 0.3) is 0 Å². The third kappa shape index (κ3) is 5.04. The molecule has 0 spiro atoms. The number of likely N-dealkylation sites (N-methyl/N-ethyl adjacent to an activating group) is 1. The predicted molar refractivity (Wildman–Crippen MR) is 83.3 cm³/mol. The van der Waals surface area contributed by atoms with E-state index in [9.17, 15) is 13.6 Å². The molecule has 1 saturated heterocycles. The van der Waals surface area contributed by atoms with E-state index < -0.39 is 12.7 Å². The summed E-state index contributed by atoms with van der Waals surface area (Å²) in [4.78, 5) is 13.9. The highest BCUT2D eigenvalue weighted by atomic mass is 19.3. The molecule has 24 heavy (non-hydrogen) atoms. The van der Waals surface area contributed by atoms with Gasteiger partial charge in [0, 0.05) is 26.7 Å². The van der Waals surface area contributed by atoms with Crippen LogP contribution in [-0.2, 0) is 16.1 Å². The molecule has 1 aliphatic rings. The van der Waals surface area contributed by atoms with Gasteiger partial charge in [0.05, 0.1) is 13.2 Å².